The molecule has 106 valence electrons. The Balaban J connectivity index is 1.73. The number of nitrogens with one attached hydrogen (secondary N) is 2. The zero-order chi connectivity index (χ0) is 13.1. The van der Waals surface area contributed by atoms with Crippen molar-refractivity contribution in [2.75, 3.05) is 18.1 Å². The van der Waals surface area contributed by atoms with Crippen LogP contribution in [0.4, 0.5) is 0 Å². The molecule has 2 unspecified atom stereocenters. The van der Waals surface area contributed by atoms with Crippen LogP contribution in [0.15, 0.2) is 6.33 Å². The van der Waals surface area contributed by atoms with Crippen molar-refractivity contribution in [3.63, 3.8) is 0 Å². The van der Waals surface area contributed by atoms with Gasteiger partial charge in [-0.3, -0.25) is 10.9 Å². The number of thioether (sulfide) groups is 1. The number of hydrazine groups is 1. The molecule has 0 bridgehead atoms. The topological polar surface area (TPSA) is 88.9 Å². The second kappa shape index (κ2) is 5.78. The van der Waals surface area contributed by atoms with Crippen molar-refractivity contribution in [3.05, 3.63) is 12.2 Å². The number of hydrogen-bond acceptors (Lipinski definition) is 6. The Bertz CT molecular complexity index is 387. The van der Waals surface area contributed by atoms with Crippen molar-refractivity contribution in [1.82, 2.24) is 20.6 Å². The second-order valence-electron chi connectivity index (χ2n) is 5.41. The summed E-state index contributed by atoms with van der Waals surface area (Å²) in [5.41, 5.74) is 2.97. The summed E-state index contributed by atoms with van der Waals surface area (Å²) < 4.78 is 6.12. The van der Waals surface area contributed by atoms with Gasteiger partial charge in [0, 0.05) is 6.61 Å². The lowest BCUT2D eigenvalue weighted by molar-refractivity contribution is -0.108. The predicted octanol–water partition coefficient (Wildman–Crippen LogP) is 1.00. The Morgan fingerprint density at radius 3 is 3.05 bits per heavy atom. The standard InChI is InChI=1S/C12H21N5OS/c13-16-10(11-14-8-15-17-11)9-1-4-18-12(7-9)2-5-19-6-3-12/h8-10,16H,1-7,13H2,(H,14,15,17). The molecule has 2 aliphatic rings. The van der Waals surface area contributed by atoms with Crippen molar-refractivity contribution in [2.45, 2.75) is 37.3 Å². The van der Waals surface area contributed by atoms with Gasteiger partial charge in [-0.2, -0.15) is 16.9 Å². The molecular formula is C12H21N5OS. The molecule has 4 N–H and O–H groups in total. The molecule has 0 aliphatic carbocycles. The molecule has 2 fully saturated rings. The minimum Gasteiger partial charge on any atom is -0.375 e. The largest absolute Gasteiger partial charge is 0.375 e. The first-order chi connectivity index (χ1) is 9.33. The van der Waals surface area contributed by atoms with E-state index in [0.29, 0.717) is 5.92 Å². The fourth-order valence-corrected chi connectivity index (χ4v) is 4.48. The molecule has 6 nitrogen and oxygen atoms in total. The first kappa shape index (κ1) is 13.4. The van der Waals surface area contributed by atoms with Gasteiger partial charge in [-0.05, 0) is 43.1 Å². The van der Waals surface area contributed by atoms with Crippen molar-refractivity contribution in [1.29, 1.82) is 0 Å². The third-order valence-electron chi connectivity index (χ3n) is 4.31. The van der Waals surface area contributed by atoms with E-state index in [-0.39, 0.29) is 11.6 Å². The molecule has 0 aromatic carbocycles. The number of aromatic amines is 1. The third kappa shape index (κ3) is 2.79. The number of hydrogen-bond donors (Lipinski definition) is 3. The van der Waals surface area contributed by atoms with E-state index in [1.165, 1.54) is 17.8 Å². The van der Waals surface area contributed by atoms with Crippen LogP contribution in [0.1, 0.15) is 37.5 Å². The SMILES string of the molecule is NNC(c1ncn[nH]1)C1CCOC2(CCSCC2)C1. The summed E-state index contributed by atoms with van der Waals surface area (Å²) >= 11 is 2.03. The smallest absolute Gasteiger partial charge is 0.143 e. The van der Waals surface area contributed by atoms with Crippen LogP contribution in [0.25, 0.3) is 0 Å². The maximum Gasteiger partial charge on any atom is 0.143 e. The van der Waals surface area contributed by atoms with Crippen LogP contribution in [0, 0.1) is 5.92 Å². The average molecular weight is 283 g/mol. The van der Waals surface area contributed by atoms with E-state index in [1.54, 1.807) is 0 Å². The molecule has 1 spiro atoms. The van der Waals surface area contributed by atoms with Crippen LogP contribution in [0.5, 0.6) is 0 Å². The highest BCUT2D eigenvalue weighted by Gasteiger charge is 2.41. The number of nitrogens with zero attached hydrogens (tertiary/aromatic N) is 2. The fourth-order valence-electron chi connectivity index (χ4n) is 3.25. The lowest BCUT2D eigenvalue weighted by Crippen LogP contribution is -2.47. The fraction of sp³-hybridized carbons (Fsp3) is 0.833. The van der Waals surface area contributed by atoms with Gasteiger partial charge in [0.1, 0.15) is 12.2 Å². The van der Waals surface area contributed by atoms with E-state index in [1.807, 2.05) is 11.8 Å². The van der Waals surface area contributed by atoms with E-state index in [9.17, 15) is 0 Å². The van der Waals surface area contributed by atoms with Gasteiger partial charge in [-0.25, -0.2) is 10.4 Å². The van der Waals surface area contributed by atoms with Gasteiger partial charge in [0.25, 0.3) is 0 Å². The Kier molecular flexibility index (Phi) is 4.07. The molecule has 1 aromatic heterocycles. The molecule has 3 rings (SSSR count). The van der Waals surface area contributed by atoms with Gasteiger partial charge >= 0.3 is 0 Å². The van der Waals surface area contributed by atoms with Crippen molar-refractivity contribution in [3.8, 4) is 0 Å². The molecule has 0 radical (unpaired) electrons. The van der Waals surface area contributed by atoms with Crippen molar-refractivity contribution < 1.29 is 4.74 Å². The van der Waals surface area contributed by atoms with Gasteiger partial charge < -0.3 is 4.74 Å². The van der Waals surface area contributed by atoms with Gasteiger partial charge in [0.05, 0.1) is 11.6 Å². The van der Waals surface area contributed by atoms with Gasteiger partial charge in [0.2, 0.25) is 0 Å². The summed E-state index contributed by atoms with van der Waals surface area (Å²) in [5.74, 6) is 9.42. The molecule has 2 atom stereocenters. The predicted molar refractivity (Wildman–Crippen MR) is 74.4 cm³/mol. The first-order valence-electron chi connectivity index (χ1n) is 6.86. The molecule has 2 aliphatic heterocycles. The third-order valence-corrected chi connectivity index (χ3v) is 5.30. The molecule has 19 heavy (non-hydrogen) atoms. The summed E-state index contributed by atoms with van der Waals surface area (Å²) in [5, 5.41) is 6.85. The molecule has 0 saturated carbocycles. The van der Waals surface area contributed by atoms with Gasteiger partial charge in [0.15, 0.2) is 0 Å². The van der Waals surface area contributed by atoms with E-state index in [4.69, 9.17) is 10.6 Å². The van der Waals surface area contributed by atoms with Crippen LogP contribution in [0.2, 0.25) is 0 Å². The highest BCUT2D eigenvalue weighted by Crippen LogP contribution is 2.42. The Morgan fingerprint density at radius 2 is 2.37 bits per heavy atom. The van der Waals surface area contributed by atoms with Crippen LogP contribution >= 0.6 is 11.8 Å². The van der Waals surface area contributed by atoms with Crippen molar-refractivity contribution in [2.24, 2.45) is 11.8 Å². The number of aromatic nitrogens is 3. The monoisotopic (exact) mass is 283 g/mol. The van der Waals surface area contributed by atoms with Crippen LogP contribution in [0.3, 0.4) is 0 Å². The number of ether oxygens (including phenoxy) is 1. The van der Waals surface area contributed by atoms with Crippen molar-refractivity contribution >= 4 is 11.8 Å². The van der Waals surface area contributed by atoms with E-state index >= 15 is 0 Å². The molecule has 7 heteroatoms. The normalized spacial score (nSPS) is 28.4. The van der Waals surface area contributed by atoms with E-state index in [0.717, 1.165) is 38.1 Å². The summed E-state index contributed by atoms with van der Waals surface area (Å²) in [4.78, 5) is 4.24. The summed E-state index contributed by atoms with van der Waals surface area (Å²) in [7, 11) is 0. The summed E-state index contributed by atoms with van der Waals surface area (Å²) in [6.45, 7) is 0.821. The quantitative estimate of drug-likeness (QED) is 0.566. The van der Waals surface area contributed by atoms with Crippen LogP contribution in [-0.4, -0.2) is 38.9 Å². The zero-order valence-corrected chi connectivity index (χ0v) is 11.8. The molecular weight excluding hydrogens is 262 g/mol. The van der Waals surface area contributed by atoms with Gasteiger partial charge in [-0.1, -0.05) is 0 Å². The maximum absolute atomic E-state index is 6.12. The number of H-pyrrole nitrogens is 1. The maximum atomic E-state index is 6.12. The summed E-state index contributed by atoms with van der Waals surface area (Å²) in [6, 6.07) is 0.0397. The Hall–Kier alpha value is -0.630. The number of rotatable bonds is 3. The van der Waals surface area contributed by atoms with Crippen LogP contribution < -0.4 is 11.3 Å². The lowest BCUT2D eigenvalue weighted by Gasteiger charge is -2.44. The average Bonchev–Trinajstić information content (AvgIpc) is 2.95. The second-order valence-corrected chi connectivity index (χ2v) is 6.64. The lowest BCUT2D eigenvalue weighted by atomic mass is 9.78. The zero-order valence-electron chi connectivity index (χ0n) is 11.0. The highest BCUT2D eigenvalue weighted by atomic mass is 32.2. The molecule has 3 heterocycles. The van der Waals surface area contributed by atoms with E-state index in [2.05, 4.69) is 20.6 Å². The molecule has 2 saturated heterocycles. The van der Waals surface area contributed by atoms with Crippen LogP contribution in [-0.2, 0) is 4.74 Å². The first-order valence-corrected chi connectivity index (χ1v) is 8.01. The Labute approximate surface area is 117 Å². The van der Waals surface area contributed by atoms with Gasteiger partial charge in [-0.15, -0.1) is 0 Å². The highest BCUT2D eigenvalue weighted by molar-refractivity contribution is 7.99. The molecule has 1 aromatic rings. The Morgan fingerprint density at radius 1 is 1.53 bits per heavy atom. The van der Waals surface area contributed by atoms with E-state index < -0.39 is 0 Å². The number of nitrogens with two attached hydrogens (primary N) is 1. The minimum absolute atomic E-state index is 0.0397. The minimum atomic E-state index is 0.0397. The molecule has 0 amide bonds. The summed E-state index contributed by atoms with van der Waals surface area (Å²) in [6.07, 6.45) is 5.92.